The van der Waals surface area contributed by atoms with Crippen molar-refractivity contribution in [3.8, 4) is 12.3 Å². The molecule has 0 bridgehead atoms. The second-order valence-corrected chi connectivity index (χ2v) is 4.85. The van der Waals surface area contributed by atoms with Crippen molar-refractivity contribution in [3.05, 3.63) is 0 Å². The molecule has 0 heterocycles. The Morgan fingerprint density at radius 2 is 1.93 bits per heavy atom. The summed E-state index contributed by atoms with van der Waals surface area (Å²) in [6, 6.07) is 0. The number of terminal acetylenes is 1. The Bertz CT molecular complexity index is 269. The molecule has 0 N–H and O–H groups in total. The highest BCUT2D eigenvalue weighted by atomic mass is 16.2. The molecule has 0 spiro atoms. The van der Waals surface area contributed by atoms with Crippen molar-refractivity contribution in [1.82, 2.24) is 4.90 Å². The number of carbonyl (C=O) groups excluding carboxylic acids is 1. The summed E-state index contributed by atoms with van der Waals surface area (Å²) in [5, 5.41) is 0. The summed E-state index contributed by atoms with van der Waals surface area (Å²) in [5.41, 5.74) is 0. The SMILES string of the molecule is C#CCN(CC1CC1)C(=O)C1CCCC1. The zero-order chi connectivity index (χ0) is 10.7. The molecule has 2 rings (SSSR count). The lowest BCUT2D eigenvalue weighted by Gasteiger charge is -2.23. The van der Waals surface area contributed by atoms with Crippen molar-refractivity contribution in [1.29, 1.82) is 0 Å². The van der Waals surface area contributed by atoms with Gasteiger partial charge in [0.05, 0.1) is 6.54 Å². The molecule has 15 heavy (non-hydrogen) atoms. The molecule has 0 saturated heterocycles. The minimum Gasteiger partial charge on any atom is -0.331 e. The van der Waals surface area contributed by atoms with Crippen molar-refractivity contribution < 1.29 is 4.79 Å². The third-order valence-corrected chi connectivity index (χ3v) is 3.47. The second kappa shape index (κ2) is 4.70. The molecule has 0 atom stereocenters. The van der Waals surface area contributed by atoms with Crippen LogP contribution in [0, 0.1) is 24.2 Å². The van der Waals surface area contributed by atoms with Crippen LogP contribution in [0.3, 0.4) is 0 Å². The Hall–Kier alpha value is -0.970. The summed E-state index contributed by atoms with van der Waals surface area (Å²) >= 11 is 0. The molecule has 0 aromatic rings. The van der Waals surface area contributed by atoms with Crippen LogP contribution in [0.1, 0.15) is 38.5 Å². The zero-order valence-corrected chi connectivity index (χ0v) is 9.24. The molecule has 1 amide bonds. The molecular formula is C13H19NO. The molecule has 0 aromatic heterocycles. The number of hydrogen-bond donors (Lipinski definition) is 0. The molecule has 2 nitrogen and oxygen atoms in total. The van der Waals surface area contributed by atoms with E-state index in [1.54, 1.807) is 0 Å². The first-order valence-electron chi connectivity index (χ1n) is 6.03. The quantitative estimate of drug-likeness (QED) is 0.643. The van der Waals surface area contributed by atoms with Gasteiger partial charge in [0.2, 0.25) is 5.91 Å². The van der Waals surface area contributed by atoms with Crippen LogP contribution in [0.5, 0.6) is 0 Å². The molecule has 0 aliphatic heterocycles. The second-order valence-electron chi connectivity index (χ2n) is 4.85. The predicted octanol–water partition coefficient (Wildman–Crippen LogP) is 2.05. The van der Waals surface area contributed by atoms with E-state index in [4.69, 9.17) is 6.42 Å². The Labute approximate surface area is 92.0 Å². The minimum absolute atomic E-state index is 0.275. The first kappa shape index (κ1) is 10.5. The first-order chi connectivity index (χ1) is 7.31. The monoisotopic (exact) mass is 205 g/mol. The van der Waals surface area contributed by atoms with Gasteiger partial charge in [-0.25, -0.2) is 0 Å². The van der Waals surface area contributed by atoms with Gasteiger partial charge in [-0.2, -0.15) is 0 Å². The normalized spacial score (nSPS) is 21.3. The highest BCUT2D eigenvalue weighted by molar-refractivity contribution is 5.79. The van der Waals surface area contributed by atoms with Gasteiger partial charge in [-0.15, -0.1) is 6.42 Å². The van der Waals surface area contributed by atoms with Crippen LogP contribution < -0.4 is 0 Å². The maximum atomic E-state index is 12.1. The number of amides is 1. The van der Waals surface area contributed by atoms with Gasteiger partial charge in [0.1, 0.15) is 0 Å². The lowest BCUT2D eigenvalue weighted by molar-refractivity contribution is -0.134. The Balaban J connectivity index is 1.89. The van der Waals surface area contributed by atoms with Gasteiger partial charge in [-0.3, -0.25) is 4.79 Å². The van der Waals surface area contributed by atoms with Gasteiger partial charge < -0.3 is 4.90 Å². The summed E-state index contributed by atoms with van der Waals surface area (Å²) in [5.74, 6) is 3.94. The van der Waals surface area contributed by atoms with Crippen LogP contribution in [0.25, 0.3) is 0 Å². The molecule has 2 fully saturated rings. The molecule has 2 saturated carbocycles. The fraction of sp³-hybridized carbons (Fsp3) is 0.769. The van der Waals surface area contributed by atoms with Crippen molar-refractivity contribution in [2.45, 2.75) is 38.5 Å². The van der Waals surface area contributed by atoms with Crippen LogP contribution in [-0.2, 0) is 4.79 Å². The van der Waals surface area contributed by atoms with E-state index in [0.717, 1.165) is 25.3 Å². The third-order valence-electron chi connectivity index (χ3n) is 3.47. The number of rotatable bonds is 4. The molecule has 82 valence electrons. The van der Waals surface area contributed by atoms with E-state index < -0.39 is 0 Å². The largest absolute Gasteiger partial charge is 0.331 e. The van der Waals surface area contributed by atoms with Crippen molar-refractivity contribution in [2.24, 2.45) is 11.8 Å². The average Bonchev–Trinajstić information content (AvgIpc) is 2.88. The van der Waals surface area contributed by atoms with Crippen molar-refractivity contribution >= 4 is 5.91 Å². The van der Waals surface area contributed by atoms with E-state index in [-0.39, 0.29) is 5.92 Å². The predicted molar refractivity (Wildman–Crippen MR) is 60.1 cm³/mol. The van der Waals surface area contributed by atoms with Gasteiger partial charge in [0.15, 0.2) is 0 Å². The fourth-order valence-corrected chi connectivity index (χ4v) is 2.39. The van der Waals surface area contributed by atoms with Crippen LogP contribution in [-0.4, -0.2) is 23.9 Å². The maximum absolute atomic E-state index is 12.1. The zero-order valence-electron chi connectivity index (χ0n) is 9.24. The van der Waals surface area contributed by atoms with E-state index in [1.165, 1.54) is 25.7 Å². The van der Waals surface area contributed by atoms with Crippen LogP contribution in [0.15, 0.2) is 0 Å². The maximum Gasteiger partial charge on any atom is 0.226 e. The average molecular weight is 205 g/mol. The summed E-state index contributed by atoms with van der Waals surface area (Å²) in [4.78, 5) is 14.0. The van der Waals surface area contributed by atoms with Crippen molar-refractivity contribution in [3.63, 3.8) is 0 Å². The molecule has 2 aliphatic carbocycles. The highest BCUT2D eigenvalue weighted by Gasteiger charge is 2.31. The number of nitrogens with zero attached hydrogens (tertiary/aromatic N) is 1. The van der Waals surface area contributed by atoms with Gasteiger partial charge in [-0.05, 0) is 31.6 Å². The lowest BCUT2D eigenvalue weighted by Crippen LogP contribution is -2.37. The molecule has 0 radical (unpaired) electrons. The Kier molecular flexibility index (Phi) is 3.30. The lowest BCUT2D eigenvalue weighted by atomic mass is 10.1. The topological polar surface area (TPSA) is 20.3 Å². The molecule has 0 unspecified atom stereocenters. The molecule has 2 heteroatoms. The van der Waals surface area contributed by atoms with E-state index in [2.05, 4.69) is 5.92 Å². The Morgan fingerprint density at radius 3 is 2.47 bits per heavy atom. The highest BCUT2D eigenvalue weighted by Crippen LogP contribution is 2.32. The standard InChI is InChI=1S/C13H19NO/c1-2-9-14(10-11-7-8-11)13(15)12-5-3-4-6-12/h1,11-12H,3-10H2. The molecule has 2 aliphatic rings. The van der Waals surface area contributed by atoms with Crippen molar-refractivity contribution in [2.75, 3.05) is 13.1 Å². The Morgan fingerprint density at radius 1 is 1.27 bits per heavy atom. The van der Waals surface area contributed by atoms with Gasteiger partial charge >= 0.3 is 0 Å². The minimum atomic E-state index is 0.275. The summed E-state index contributed by atoms with van der Waals surface area (Å²) in [6.45, 7) is 1.41. The van der Waals surface area contributed by atoms with Gasteiger partial charge in [0.25, 0.3) is 0 Å². The van der Waals surface area contributed by atoms with Crippen LogP contribution in [0.2, 0.25) is 0 Å². The van der Waals surface area contributed by atoms with E-state index in [0.29, 0.717) is 12.5 Å². The summed E-state index contributed by atoms with van der Waals surface area (Å²) in [6.07, 6.45) is 12.4. The molecular weight excluding hydrogens is 186 g/mol. The van der Waals surface area contributed by atoms with Crippen LogP contribution >= 0.6 is 0 Å². The van der Waals surface area contributed by atoms with Gasteiger partial charge in [0, 0.05) is 12.5 Å². The first-order valence-corrected chi connectivity index (χ1v) is 6.03. The van der Waals surface area contributed by atoms with E-state index >= 15 is 0 Å². The third kappa shape index (κ3) is 2.75. The number of hydrogen-bond acceptors (Lipinski definition) is 1. The summed E-state index contributed by atoms with van der Waals surface area (Å²) < 4.78 is 0. The molecule has 0 aromatic carbocycles. The van der Waals surface area contributed by atoms with Gasteiger partial charge in [-0.1, -0.05) is 18.8 Å². The summed E-state index contributed by atoms with van der Waals surface area (Å²) in [7, 11) is 0. The van der Waals surface area contributed by atoms with E-state index in [9.17, 15) is 4.79 Å². The van der Waals surface area contributed by atoms with Crippen LogP contribution in [0.4, 0.5) is 0 Å². The van der Waals surface area contributed by atoms with E-state index in [1.807, 2.05) is 4.90 Å². The smallest absolute Gasteiger partial charge is 0.226 e. The fourth-order valence-electron chi connectivity index (χ4n) is 2.39. The number of carbonyl (C=O) groups is 1.